The number of nitrogens with zero attached hydrogens (tertiary/aromatic N) is 2. The average Bonchev–Trinajstić information content (AvgIpc) is 3.08. The number of rotatable bonds is 5. The van der Waals surface area contributed by atoms with E-state index in [1.54, 1.807) is 12.1 Å². The van der Waals surface area contributed by atoms with Crippen LogP contribution in [-0.4, -0.2) is 51.3 Å². The quantitative estimate of drug-likeness (QED) is 0.530. The lowest BCUT2D eigenvalue weighted by atomic mass is 10.1. The van der Waals surface area contributed by atoms with Crippen molar-refractivity contribution in [3.05, 3.63) is 58.4 Å². The van der Waals surface area contributed by atoms with Gasteiger partial charge in [0.25, 0.3) is 5.91 Å². The first kappa shape index (κ1) is 22.4. The zero-order valence-corrected chi connectivity index (χ0v) is 18.5. The van der Waals surface area contributed by atoms with Crippen molar-refractivity contribution >= 4 is 49.2 Å². The number of methoxy groups -OCH3 is 2. The zero-order chi connectivity index (χ0) is 22.8. The molecule has 3 rings (SSSR count). The molecule has 0 unspecified atom stereocenters. The number of fused-ring (bicyclic) bond motifs is 1. The fraction of sp³-hybridized carbons (Fsp3) is 0.200. The molecule has 2 aromatic carbocycles. The number of thiazole rings is 1. The van der Waals surface area contributed by atoms with Gasteiger partial charge < -0.3 is 14.0 Å². The van der Waals surface area contributed by atoms with Crippen LogP contribution in [0, 0.1) is 0 Å². The predicted octanol–water partition coefficient (Wildman–Crippen LogP) is 1.81. The van der Waals surface area contributed by atoms with Gasteiger partial charge in [-0.25, -0.2) is 13.2 Å². The molecular weight excluding hydrogens is 444 g/mol. The molecule has 0 saturated carbocycles. The maximum absolute atomic E-state index is 12.9. The van der Waals surface area contributed by atoms with Crippen LogP contribution >= 0.6 is 11.3 Å². The molecule has 0 aliphatic rings. The molecule has 9 nitrogen and oxygen atoms in total. The Labute approximate surface area is 181 Å². The van der Waals surface area contributed by atoms with Crippen molar-refractivity contribution < 1.29 is 32.3 Å². The van der Waals surface area contributed by atoms with Gasteiger partial charge in [-0.2, -0.15) is 4.99 Å². The minimum Gasteiger partial charge on any atom is -0.468 e. The largest absolute Gasteiger partial charge is 0.468 e. The Kier molecular flexibility index (Phi) is 6.37. The summed E-state index contributed by atoms with van der Waals surface area (Å²) in [5.41, 5.74) is 0.600. The molecular formula is C20H18N2O7S2. The highest BCUT2D eigenvalue weighted by atomic mass is 32.2. The Morgan fingerprint density at radius 1 is 1.03 bits per heavy atom. The van der Waals surface area contributed by atoms with Crippen molar-refractivity contribution in [2.24, 2.45) is 4.99 Å². The summed E-state index contributed by atoms with van der Waals surface area (Å²) in [4.78, 5) is 41.1. The van der Waals surface area contributed by atoms with Crippen LogP contribution in [0.5, 0.6) is 0 Å². The van der Waals surface area contributed by atoms with Crippen molar-refractivity contribution in [1.82, 2.24) is 4.57 Å². The van der Waals surface area contributed by atoms with Crippen molar-refractivity contribution in [3.8, 4) is 0 Å². The second-order valence-electron chi connectivity index (χ2n) is 6.40. The van der Waals surface area contributed by atoms with Crippen molar-refractivity contribution in [2.45, 2.75) is 11.4 Å². The van der Waals surface area contributed by atoms with Crippen LogP contribution < -0.4 is 4.80 Å². The molecule has 0 N–H and O–H groups in total. The highest BCUT2D eigenvalue weighted by molar-refractivity contribution is 7.90. The lowest BCUT2D eigenvalue weighted by Crippen LogP contribution is -2.22. The Morgan fingerprint density at radius 2 is 1.71 bits per heavy atom. The molecule has 0 spiro atoms. The monoisotopic (exact) mass is 462 g/mol. The molecule has 1 heterocycles. The van der Waals surface area contributed by atoms with Crippen LogP contribution in [0.2, 0.25) is 0 Å². The number of esters is 2. The third kappa shape index (κ3) is 4.72. The van der Waals surface area contributed by atoms with E-state index < -0.39 is 27.7 Å². The van der Waals surface area contributed by atoms with Gasteiger partial charge in [0.1, 0.15) is 6.54 Å². The van der Waals surface area contributed by atoms with Gasteiger partial charge in [-0.3, -0.25) is 9.59 Å². The van der Waals surface area contributed by atoms with Crippen LogP contribution in [0.4, 0.5) is 0 Å². The molecule has 0 aliphatic heterocycles. The van der Waals surface area contributed by atoms with E-state index in [0.29, 0.717) is 10.2 Å². The first-order valence-electron chi connectivity index (χ1n) is 8.82. The zero-order valence-electron chi connectivity index (χ0n) is 16.8. The van der Waals surface area contributed by atoms with Crippen LogP contribution in [0.3, 0.4) is 0 Å². The Bertz CT molecular complexity index is 1370. The van der Waals surface area contributed by atoms with Gasteiger partial charge in [-0.1, -0.05) is 23.5 Å². The number of amides is 1. The Morgan fingerprint density at radius 3 is 2.32 bits per heavy atom. The molecule has 0 aliphatic carbocycles. The van der Waals surface area contributed by atoms with E-state index in [1.165, 1.54) is 49.1 Å². The van der Waals surface area contributed by atoms with E-state index in [-0.39, 0.29) is 27.4 Å². The van der Waals surface area contributed by atoms with E-state index in [0.717, 1.165) is 17.6 Å². The lowest BCUT2D eigenvalue weighted by Gasteiger charge is -2.05. The molecule has 11 heteroatoms. The van der Waals surface area contributed by atoms with Gasteiger partial charge in [0, 0.05) is 6.26 Å². The molecule has 1 aromatic heterocycles. The number of hydrogen-bond donors (Lipinski definition) is 0. The van der Waals surface area contributed by atoms with E-state index in [2.05, 4.69) is 4.99 Å². The average molecular weight is 463 g/mol. The maximum atomic E-state index is 12.9. The van der Waals surface area contributed by atoms with Gasteiger partial charge >= 0.3 is 11.9 Å². The Hall–Kier alpha value is -3.31. The number of benzene rings is 2. The third-order valence-electron chi connectivity index (χ3n) is 4.36. The summed E-state index contributed by atoms with van der Waals surface area (Å²) in [6.45, 7) is -0.237. The van der Waals surface area contributed by atoms with Crippen molar-refractivity contribution in [3.63, 3.8) is 0 Å². The topological polar surface area (TPSA) is 121 Å². The molecule has 0 saturated heterocycles. The van der Waals surface area contributed by atoms with Crippen LogP contribution in [0.1, 0.15) is 20.7 Å². The number of carbonyl (C=O) groups excluding carboxylic acids is 3. The van der Waals surface area contributed by atoms with Gasteiger partial charge in [-0.05, 0) is 30.3 Å². The standard InChI is InChI=1S/C20H18N2O7S2/c1-28-17(23)11-22-15-9-8-12(31(3,26)27)10-16(15)30-20(22)21-18(24)13-6-4-5-7-14(13)19(25)29-2/h4-10H,11H2,1-3H3. The number of ether oxygens (including phenoxy) is 2. The highest BCUT2D eigenvalue weighted by Crippen LogP contribution is 2.22. The number of carbonyl (C=O) groups is 3. The third-order valence-corrected chi connectivity index (χ3v) is 6.51. The fourth-order valence-corrected chi connectivity index (χ4v) is 4.61. The lowest BCUT2D eigenvalue weighted by molar-refractivity contribution is -0.141. The van der Waals surface area contributed by atoms with Crippen LogP contribution in [0.25, 0.3) is 10.2 Å². The molecule has 0 radical (unpaired) electrons. The van der Waals surface area contributed by atoms with E-state index in [1.807, 2.05) is 0 Å². The summed E-state index contributed by atoms with van der Waals surface area (Å²) in [5.74, 6) is -1.97. The second-order valence-corrected chi connectivity index (χ2v) is 9.43. The minimum absolute atomic E-state index is 0.0354. The van der Waals surface area contributed by atoms with Crippen molar-refractivity contribution in [2.75, 3.05) is 20.5 Å². The number of sulfone groups is 1. The Balaban J connectivity index is 2.21. The number of hydrogen-bond acceptors (Lipinski definition) is 8. The fourth-order valence-electron chi connectivity index (χ4n) is 2.82. The highest BCUT2D eigenvalue weighted by Gasteiger charge is 2.19. The molecule has 0 fully saturated rings. The smallest absolute Gasteiger partial charge is 0.338 e. The second kappa shape index (κ2) is 8.82. The summed E-state index contributed by atoms with van der Waals surface area (Å²) in [6, 6.07) is 10.5. The number of aromatic nitrogens is 1. The summed E-state index contributed by atoms with van der Waals surface area (Å²) < 4.78 is 35.2. The van der Waals surface area contributed by atoms with Crippen LogP contribution in [0.15, 0.2) is 52.4 Å². The first-order valence-corrected chi connectivity index (χ1v) is 11.5. The van der Waals surface area contributed by atoms with Crippen LogP contribution in [-0.2, 0) is 30.7 Å². The normalized spacial score (nSPS) is 12.0. The molecule has 3 aromatic rings. The SMILES string of the molecule is COC(=O)Cn1c(=NC(=O)c2ccccc2C(=O)OC)sc2cc(S(C)(=O)=O)ccc21. The maximum Gasteiger partial charge on any atom is 0.338 e. The van der Waals surface area contributed by atoms with E-state index in [4.69, 9.17) is 9.47 Å². The molecule has 0 atom stereocenters. The van der Waals surface area contributed by atoms with E-state index in [9.17, 15) is 22.8 Å². The summed E-state index contributed by atoms with van der Waals surface area (Å²) >= 11 is 1.04. The summed E-state index contributed by atoms with van der Waals surface area (Å²) in [6.07, 6.45) is 1.09. The van der Waals surface area contributed by atoms with Gasteiger partial charge in [0.15, 0.2) is 14.6 Å². The van der Waals surface area contributed by atoms with Crippen molar-refractivity contribution in [1.29, 1.82) is 0 Å². The van der Waals surface area contributed by atoms with Gasteiger partial charge in [0.05, 0.1) is 40.5 Å². The molecule has 162 valence electrons. The van der Waals surface area contributed by atoms with E-state index >= 15 is 0 Å². The minimum atomic E-state index is -3.45. The summed E-state index contributed by atoms with van der Waals surface area (Å²) in [5, 5.41) is 0. The molecule has 1 amide bonds. The summed E-state index contributed by atoms with van der Waals surface area (Å²) in [7, 11) is -1.02. The van der Waals surface area contributed by atoms with Gasteiger partial charge in [0.2, 0.25) is 0 Å². The molecule has 0 bridgehead atoms. The van der Waals surface area contributed by atoms with Gasteiger partial charge in [-0.15, -0.1) is 0 Å². The first-order chi connectivity index (χ1) is 14.7. The predicted molar refractivity (Wildman–Crippen MR) is 113 cm³/mol. The molecule has 31 heavy (non-hydrogen) atoms.